The van der Waals surface area contributed by atoms with Crippen molar-refractivity contribution in [1.29, 1.82) is 0 Å². The van der Waals surface area contributed by atoms with Gasteiger partial charge in [-0.15, -0.1) is 0 Å². The Bertz CT molecular complexity index is 799. The zero-order valence-corrected chi connectivity index (χ0v) is 17.1. The Morgan fingerprint density at radius 1 is 1.12 bits per heavy atom. The number of benzene rings is 2. The molecule has 1 amide bonds. The molecule has 0 spiro atoms. The molecule has 0 aromatic heterocycles. The highest BCUT2D eigenvalue weighted by molar-refractivity contribution is 9.11. The van der Waals surface area contributed by atoms with E-state index in [1.807, 2.05) is 6.07 Å². The number of amides is 1. The van der Waals surface area contributed by atoms with Crippen molar-refractivity contribution in [2.75, 3.05) is 0 Å². The van der Waals surface area contributed by atoms with Crippen LogP contribution in [-0.2, 0) is 4.79 Å². The van der Waals surface area contributed by atoms with Crippen LogP contribution in [0, 0.1) is 0 Å². The van der Waals surface area contributed by atoms with Crippen molar-refractivity contribution < 1.29 is 14.3 Å². The van der Waals surface area contributed by atoms with Gasteiger partial charge in [0, 0.05) is 17.0 Å². The summed E-state index contributed by atoms with van der Waals surface area (Å²) in [5.41, 5.74) is 3.66. The first-order valence-corrected chi connectivity index (χ1v) is 9.01. The van der Waals surface area contributed by atoms with Crippen LogP contribution in [0.4, 0.5) is 0 Å². The Morgan fingerprint density at radius 2 is 1.79 bits per heavy atom. The van der Waals surface area contributed by atoms with E-state index in [9.17, 15) is 9.59 Å². The molecule has 1 N–H and O–H groups in total. The maximum absolute atomic E-state index is 12.0. The number of hydrogen-bond acceptors (Lipinski definition) is 4. The average molecular weight is 519 g/mol. The maximum Gasteiger partial charge on any atom is 0.308 e. The summed E-state index contributed by atoms with van der Waals surface area (Å²) in [4.78, 5) is 23.0. The maximum atomic E-state index is 12.0. The molecule has 2 aromatic rings. The van der Waals surface area contributed by atoms with E-state index < -0.39 is 5.97 Å². The van der Waals surface area contributed by atoms with Gasteiger partial charge in [-0.25, -0.2) is 5.43 Å². The summed E-state index contributed by atoms with van der Waals surface area (Å²) in [6, 6.07) is 10.4. The number of nitrogens with zero attached hydrogens (tertiary/aromatic N) is 1. The standard InChI is InChI=1S/C16H11Br3N2O3/c1-9(22)24-15-13(18)5-10(6-14(15)19)8-20-21-16(23)11-3-2-4-12(17)7-11/h2-8H,1H3,(H,21,23)/b20-8-. The summed E-state index contributed by atoms with van der Waals surface area (Å²) in [5.74, 6) is -0.348. The minimum Gasteiger partial charge on any atom is -0.424 e. The second-order valence-corrected chi connectivity index (χ2v) is 7.24. The summed E-state index contributed by atoms with van der Waals surface area (Å²) in [7, 11) is 0. The smallest absolute Gasteiger partial charge is 0.308 e. The van der Waals surface area contributed by atoms with Crippen LogP contribution < -0.4 is 10.2 Å². The first kappa shape index (κ1) is 18.8. The fraction of sp³-hybridized carbons (Fsp3) is 0.0625. The summed E-state index contributed by atoms with van der Waals surface area (Å²) in [6.45, 7) is 1.33. The minimum atomic E-state index is -0.417. The second kappa shape index (κ2) is 8.55. The number of esters is 1. The van der Waals surface area contributed by atoms with Crippen LogP contribution in [0.2, 0.25) is 0 Å². The summed E-state index contributed by atoms with van der Waals surface area (Å²) < 4.78 is 7.08. The van der Waals surface area contributed by atoms with Crippen LogP contribution in [0.25, 0.3) is 0 Å². The van der Waals surface area contributed by atoms with Crippen molar-refractivity contribution in [2.45, 2.75) is 6.92 Å². The van der Waals surface area contributed by atoms with E-state index in [1.54, 1.807) is 30.3 Å². The highest BCUT2D eigenvalue weighted by atomic mass is 79.9. The van der Waals surface area contributed by atoms with Gasteiger partial charge in [0.25, 0.3) is 5.91 Å². The Hall–Kier alpha value is -1.51. The lowest BCUT2D eigenvalue weighted by atomic mass is 10.2. The van der Waals surface area contributed by atoms with Gasteiger partial charge >= 0.3 is 5.97 Å². The molecule has 24 heavy (non-hydrogen) atoms. The lowest BCUT2D eigenvalue weighted by Gasteiger charge is -2.07. The van der Waals surface area contributed by atoms with Crippen molar-refractivity contribution in [3.63, 3.8) is 0 Å². The van der Waals surface area contributed by atoms with Crippen LogP contribution in [0.1, 0.15) is 22.8 Å². The van der Waals surface area contributed by atoms with Gasteiger partial charge in [0.1, 0.15) is 0 Å². The van der Waals surface area contributed by atoms with Crippen LogP contribution >= 0.6 is 47.8 Å². The van der Waals surface area contributed by atoms with Gasteiger partial charge < -0.3 is 4.74 Å². The Kier molecular flexibility index (Phi) is 6.70. The zero-order chi connectivity index (χ0) is 17.7. The third kappa shape index (κ3) is 5.25. The third-order valence-electron chi connectivity index (χ3n) is 2.73. The third-order valence-corrected chi connectivity index (χ3v) is 4.40. The molecule has 0 heterocycles. The van der Waals surface area contributed by atoms with Crippen LogP contribution in [0.3, 0.4) is 0 Å². The van der Waals surface area contributed by atoms with E-state index >= 15 is 0 Å². The number of nitrogens with one attached hydrogen (secondary N) is 1. The van der Waals surface area contributed by atoms with Crippen molar-refractivity contribution in [3.05, 3.63) is 60.9 Å². The minimum absolute atomic E-state index is 0.317. The van der Waals surface area contributed by atoms with E-state index in [0.717, 1.165) is 4.47 Å². The largest absolute Gasteiger partial charge is 0.424 e. The fourth-order valence-electron chi connectivity index (χ4n) is 1.75. The van der Waals surface area contributed by atoms with E-state index in [1.165, 1.54) is 13.1 Å². The predicted molar refractivity (Wildman–Crippen MR) is 102 cm³/mol. The average Bonchev–Trinajstić information content (AvgIpc) is 2.50. The molecule has 0 radical (unpaired) electrons. The normalized spacial score (nSPS) is 10.7. The number of carbonyl (C=O) groups is 2. The molecule has 0 unspecified atom stereocenters. The van der Waals surface area contributed by atoms with Crippen molar-refractivity contribution >= 4 is 65.9 Å². The highest BCUT2D eigenvalue weighted by Crippen LogP contribution is 2.34. The van der Waals surface area contributed by atoms with Crippen LogP contribution in [0.5, 0.6) is 5.75 Å². The van der Waals surface area contributed by atoms with Gasteiger partial charge in [0.15, 0.2) is 5.75 Å². The fourth-order valence-corrected chi connectivity index (χ4v) is 3.54. The first-order chi connectivity index (χ1) is 11.4. The predicted octanol–water partition coefficient (Wildman–Crippen LogP) is 4.66. The van der Waals surface area contributed by atoms with Gasteiger partial charge in [-0.1, -0.05) is 22.0 Å². The number of hydrazone groups is 1. The number of hydrogen-bond donors (Lipinski definition) is 1. The van der Waals surface area contributed by atoms with Gasteiger partial charge in [0.2, 0.25) is 0 Å². The van der Waals surface area contributed by atoms with Crippen molar-refractivity contribution in [3.8, 4) is 5.75 Å². The number of rotatable bonds is 4. The SMILES string of the molecule is CC(=O)Oc1c(Br)cc(/C=N\NC(=O)c2cccc(Br)c2)cc1Br. The van der Waals surface area contributed by atoms with E-state index in [4.69, 9.17) is 4.74 Å². The van der Waals surface area contributed by atoms with Gasteiger partial charge in [-0.3, -0.25) is 9.59 Å². The summed E-state index contributed by atoms with van der Waals surface area (Å²) >= 11 is 9.97. The quantitative estimate of drug-likeness (QED) is 0.277. The molecule has 0 atom stereocenters. The van der Waals surface area contributed by atoms with E-state index in [-0.39, 0.29) is 5.91 Å². The molecule has 0 saturated heterocycles. The topological polar surface area (TPSA) is 67.8 Å². The van der Waals surface area contributed by atoms with Gasteiger partial charge in [0.05, 0.1) is 15.2 Å². The Labute approximate surface area is 163 Å². The Morgan fingerprint density at radius 3 is 2.38 bits per heavy atom. The molecule has 124 valence electrons. The molecule has 0 bridgehead atoms. The molecule has 8 heteroatoms. The summed E-state index contributed by atoms with van der Waals surface area (Å²) in [5, 5.41) is 3.93. The number of ether oxygens (including phenoxy) is 1. The number of halogens is 3. The van der Waals surface area contributed by atoms with Crippen molar-refractivity contribution in [2.24, 2.45) is 5.10 Å². The molecule has 0 saturated carbocycles. The number of carbonyl (C=O) groups excluding carboxylic acids is 2. The molecule has 5 nitrogen and oxygen atoms in total. The van der Waals surface area contributed by atoms with E-state index in [2.05, 4.69) is 58.3 Å². The molecule has 0 aliphatic rings. The molecule has 2 rings (SSSR count). The molecular weight excluding hydrogens is 508 g/mol. The first-order valence-electron chi connectivity index (χ1n) is 6.63. The monoisotopic (exact) mass is 516 g/mol. The van der Waals surface area contributed by atoms with Crippen LogP contribution in [0.15, 0.2) is 54.9 Å². The Balaban J connectivity index is 2.09. The molecule has 0 fully saturated rings. The van der Waals surface area contributed by atoms with Crippen LogP contribution in [-0.4, -0.2) is 18.1 Å². The van der Waals surface area contributed by atoms with Gasteiger partial charge in [-0.2, -0.15) is 5.10 Å². The lowest BCUT2D eigenvalue weighted by Crippen LogP contribution is -2.17. The highest BCUT2D eigenvalue weighted by Gasteiger charge is 2.10. The molecule has 0 aliphatic carbocycles. The van der Waals surface area contributed by atoms with Gasteiger partial charge in [-0.05, 0) is 67.8 Å². The van der Waals surface area contributed by atoms with E-state index in [0.29, 0.717) is 25.8 Å². The zero-order valence-electron chi connectivity index (χ0n) is 12.3. The molecular formula is C16H11Br3N2O3. The molecule has 0 aliphatic heterocycles. The second-order valence-electron chi connectivity index (χ2n) is 4.62. The van der Waals surface area contributed by atoms with Crippen molar-refractivity contribution in [1.82, 2.24) is 5.43 Å². The lowest BCUT2D eigenvalue weighted by molar-refractivity contribution is -0.131. The summed E-state index contributed by atoms with van der Waals surface area (Å²) in [6.07, 6.45) is 1.49. The molecule has 2 aromatic carbocycles.